The van der Waals surface area contributed by atoms with Gasteiger partial charge < -0.3 is 5.11 Å². The van der Waals surface area contributed by atoms with Gasteiger partial charge in [0.1, 0.15) is 16.7 Å². The molecular weight excluding hydrogens is 486 g/mol. The highest BCUT2D eigenvalue weighted by molar-refractivity contribution is 6.32. The summed E-state index contributed by atoms with van der Waals surface area (Å²) in [6.45, 7) is 0.414. The van der Waals surface area contributed by atoms with E-state index < -0.39 is 16.9 Å². The van der Waals surface area contributed by atoms with Crippen LogP contribution in [0.2, 0.25) is 0 Å². The van der Waals surface area contributed by atoms with Crippen LogP contribution in [-0.2, 0) is 5.54 Å². The van der Waals surface area contributed by atoms with Gasteiger partial charge in [-0.3, -0.25) is 14.5 Å². The lowest BCUT2D eigenvalue weighted by Gasteiger charge is -2.44. The standard InChI is InChI=1S/C33H23N3O3/c1-36-18-25(19-9-8-10-20(37)17-19)32(30(38)21-11-2-3-12-22(21)31(32)39)33(36)24-14-5-4-13-23(24)28-29(33)35-27-16-7-6-15-26(27)34-28/h2-17,25,37H,18H2,1H3/t25-,33+/m1/s1. The largest absolute Gasteiger partial charge is 0.508 e. The molecule has 0 bridgehead atoms. The molecule has 1 fully saturated rings. The lowest BCUT2D eigenvalue weighted by atomic mass is 9.58. The third kappa shape index (κ3) is 2.46. The zero-order valence-electron chi connectivity index (χ0n) is 21.1. The number of hydrogen-bond acceptors (Lipinski definition) is 6. The number of phenols is 1. The van der Waals surface area contributed by atoms with Crippen molar-refractivity contribution < 1.29 is 14.7 Å². The molecule has 1 aromatic heterocycles. The van der Waals surface area contributed by atoms with Gasteiger partial charge in [0, 0.05) is 29.2 Å². The predicted molar refractivity (Wildman–Crippen MR) is 147 cm³/mol. The van der Waals surface area contributed by atoms with E-state index in [0.29, 0.717) is 34.6 Å². The van der Waals surface area contributed by atoms with E-state index in [-0.39, 0.29) is 17.3 Å². The molecule has 8 rings (SSSR count). The molecule has 0 amide bonds. The number of nitrogens with zero attached hydrogens (tertiary/aromatic N) is 3. The van der Waals surface area contributed by atoms with Crippen LogP contribution in [0.25, 0.3) is 22.3 Å². The third-order valence-electron chi connectivity index (χ3n) is 9.01. The van der Waals surface area contributed by atoms with Gasteiger partial charge in [0.05, 0.1) is 22.4 Å². The van der Waals surface area contributed by atoms with E-state index in [0.717, 1.165) is 22.2 Å². The second-order valence-corrected chi connectivity index (χ2v) is 10.7. The van der Waals surface area contributed by atoms with Crippen molar-refractivity contribution in [1.29, 1.82) is 0 Å². The van der Waals surface area contributed by atoms with Gasteiger partial charge in [-0.1, -0.05) is 72.8 Å². The van der Waals surface area contributed by atoms with E-state index in [2.05, 4.69) is 4.90 Å². The van der Waals surface area contributed by atoms with Crippen molar-refractivity contribution in [3.63, 3.8) is 0 Å². The fourth-order valence-electron chi connectivity index (χ4n) is 7.61. The molecule has 0 radical (unpaired) electrons. The fourth-order valence-corrected chi connectivity index (χ4v) is 7.61. The molecule has 6 heteroatoms. The zero-order valence-corrected chi connectivity index (χ0v) is 21.1. The van der Waals surface area contributed by atoms with Crippen molar-refractivity contribution in [1.82, 2.24) is 14.9 Å². The molecule has 6 nitrogen and oxygen atoms in total. The van der Waals surface area contributed by atoms with Gasteiger partial charge in [-0.15, -0.1) is 0 Å². The minimum atomic E-state index is -1.54. The maximum absolute atomic E-state index is 14.9. The van der Waals surface area contributed by atoms with Crippen LogP contribution < -0.4 is 0 Å². The van der Waals surface area contributed by atoms with Gasteiger partial charge in [-0.05, 0) is 42.4 Å². The first-order chi connectivity index (χ1) is 19.0. The summed E-state index contributed by atoms with van der Waals surface area (Å²) in [5.41, 5.74) is 3.40. The molecular formula is C33H23N3O3. The molecule has 5 aromatic rings. The maximum Gasteiger partial charge on any atom is 0.180 e. The summed E-state index contributed by atoms with van der Waals surface area (Å²) in [5, 5.41) is 10.5. The molecule has 2 aliphatic carbocycles. The monoisotopic (exact) mass is 509 g/mol. The summed E-state index contributed by atoms with van der Waals surface area (Å²) in [5.74, 6) is -0.856. The van der Waals surface area contributed by atoms with Gasteiger partial charge >= 0.3 is 0 Å². The van der Waals surface area contributed by atoms with Crippen LogP contribution in [0, 0.1) is 5.41 Å². The predicted octanol–water partition coefficient (Wildman–Crippen LogP) is 5.35. The van der Waals surface area contributed by atoms with Crippen LogP contribution in [0.5, 0.6) is 5.75 Å². The summed E-state index contributed by atoms with van der Waals surface area (Å²) >= 11 is 0. The van der Waals surface area contributed by atoms with E-state index in [1.54, 1.807) is 30.3 Å². The quantitative estimate of drug-likeness (QED) is 0.307. The second-order valence-electron chi connectivity index (χ2n) is 10.7. The Hall–Kier alpha value is -4.68. The number of benzene rings is 4. The van der Waals surface area contributed by atoms with Crippen molar-refractivity contribution in [2.45, 2.75) is 11.5 Å². The summed E-state index contributed by atoms with van der Waals surface area (Å²) in [6, 6.07) is 29.7. The highest BCUT2D eigenvalue weighted by atomic mass is 16.3. The second kappa shape index (κ2) is 7.46. The molecule has 188 valence electrons. The minimum absolute atomic E-state index is 0.0969. The van der Waals surface area contributed by atoms with Gasteiger partial charge in [0.2, 0.25) is 0 Å². The molecule has 2 spiro atoms. The topological polar surface area (TPSA) is 83.4 Å². The highest BCUT2D eigenvalue weighted by Gasteiger charge is 2.77. The Labute approximate surface area is 224 Å². The summed E-state index contributed by atoms with van der Waals surface area (Å²) in [4.78, 5) is 42.2. The number of ketones is 2. The number of carbonyl (C=O) groups is 2. The summed E-state index contributed by atoms with van der Waals surface area (Å²) in [6.07, 6.45) is 0. The van der Waals surface area contributed by atoms with Gasteiger partial charge in [0.25, 0.3) is 0 Å². The summed E-state index contributed by atoms with van der Waals surface area (Å²) < 4.78 is 0. The van der Waals surface area contributed by atoms with E-state index in [9.17, 15) is 14.7 Å². The molecule has 1 aliphatic heterocycles. The minimum Gasteiger partial charge on any atom is -0.508 e. The number of para-hydroxylation sites is 2. The Morgan fingerprint density at radius 1 is 0.769 bits per heavy atom. The van der Waals surface area contributed by atoms with E-state index in [1.807, 2.05) is 73.8 Å². The Kier molecular flexibility index (Phi) is 4.27. The van der Waals surface area contributed by atoms with Crippen LogP contribution >= 0.6 is 0 Å². The first kappa shape index (κ1) is 22.3. The first-order valence-corrected chi connectivity index (χ1v) is 13.1. The average Bonchev–Trinajstić information content (AvgIpc) is 3.50. The van der Waals surface area contributed by atoms with Crippen molar-refractivity contribution in [2.75, 3.05) is 13.6 Å². The third-order valence-corrected chi connectivity index (χ3v) is 9.01. The first-order valence-electron chi connectivity index (χ1n) is 13.1. The van der Waals surface area contributed by atoms with E-state index in [4.69, 9.17) is 9.97 Å². The number of aromatic hydroxyl groups is 1. The van der Waals surface area contributed by atoms with Crippen molar-refractivity contribution in [2.24, 2.45) is 5.41 Å². The number of likely N-dealkylation sites (tertiary alicyclic amines) is 1. The fraction of sp³-hybridized carbons (Fsp3) is 0.152. The molecule has 2 heterocycles. The number of hydrogen-bond donors (Lipinski definition) is 1. The summed E-state index contributed by atoms with van der Waals surface area (Å²) in [7, 11) is 1.97. The van der Waals surface area contributed by atoms with Crippen LogP contribution in [0.15, 0.2) is 97.1 Å². The van der Waals surface area contributed by atoms with Crippen molar-refractivity contribution in [3.8, 4) is 17.0 Å². The van der Waals surface area contributed by atoms with E-state index >= 15 is 0 Å². The molecule has 39 heavy (non-hydrogen) atoms. The molecule has 4 aromatic carbocycles. The van der Waals surface area contributed by atoms with Crippen LogP contribution in [0.1, 0.15) is 43.5 Å². The SMILES string of the molecule is CN1C[C@H](c2cccc(O)c2)C2(C(=O)c3ccccc3C2=O)[C@@]12c1ccccc1-c1nc3ccccc3nc12. The van der Waals surface area contributed by atoms with E-state index in [1.165, 1.54) is 0 Å². The lowest BCUT2D eigenvalue weighted by Crippen LogP contribution is -2.56. The van der Waals surface area contributed by atoms with Gasteiger partial charge in [0.15, 0.2) is 11.6 Å². The van der Waals surface area contributed by atoms with Crippen LogP contribution in [-0.4, -0.2) is 45.1 Å². The molecule has 1 N–H and O–H groups in total. The Morgan fingerprint density at radius 3 is 2.08 bits per heavy atom. The van der Waals surface area contributed by atoms with Gasteiger partial charge in [-0.25, -0.2) is 9.97 Å². The Balaban J connectivity index is 1.55. The number of fused-ring (bicyclic) bond motifs is 8. The lowest BCUT2D eigenvalue weighted by molar-refractivity contribution is 0.0462. The number of Topliss-reactive ketones (excluding diaryl/α,β-unsaturated/α-hetero) is 2. The normalized spacial score (nSPS) is 22.5. The van der Waals surface area contributed by atoms with Crippen molar-refractivity contribution >= 4 is 22.6 Å². The number of phenolic OH excluding ortho intramolecular Hbond substituents is 1. The zero-order chi connectivity index (χ0) is 26.5. The average molecular weight is 510 g/mol. The Bertz CT molecular complexity index is 1860. The Morgan fingerprint density at radius 2 is 1.38 bits per heavy atom. The smallest absolute Gasteiger partial charge is 0.180 e. The molecule has 1 saturated heterocycles. The highest BCUT2D eigenvalue weighted by Crippen LogP contribution is 2.69. The molecule has 3 aliphatic rings. The van der Waals surface area contributed by atoms with Crippen molar-refractivity contribution in [3.05, 3.63) is 125 Å². The molecule has 0 saturated carbocycles. The van der Waals surface area contributed by atoms with Crippen LogP contribution in [0.4, 0.5) is 0 Å². The molecule has 2 atom stereocenters. The number of rotatable bonds is 1. The maximum atomic E-state index is 14.9. The van der Waals surface area contributed by atoms with Crippen LogP contribution in [0.3, 0.4) is 0 Å². The van der Waals surface area contributed by atoms with Gasteiger partial charge in [-0.2, -0.15) is 0 Å². The molecule has 0 unspecified atom stereocenters. The number of carbonyl (C=O) groups excluding carboxylic acids is 2. The number of aromatic nitrogens is 2. The number of likely N-dealkylation sites (N-methyl/N-ethyl adjacent to an activating group) is 1.